The van der Waals surface area contributed by atoms with Crippen molar-refractivity contribution in [3.8, 4) is 0 Å². The SMILES string of the molecule is CC=CCOC(/C=C/C)OCC=CC. The van der Waals surface area contributed by atoms with Crippen LogP contribution in [0.15, 0.2) is 36.5 Å². The molecule has 0 atom stereocenters. The molecule has 0 spiro atoms. The van der Waals surface area contributed by atoms with Gasteiger partial charge in [0.25, 0.3) is 0 Å². The Kier molecular flexibility index (Phi) is 9.59. The Bertz CT molecular complexity index is 176. The highest BCUT2D eigenvalue weighted by atomic mass is 16.7. The fourth-order valence-corrected chi connectivity index (χ4v) is 0.810. The molecule has 0 aliphatic heterocycles. The van der Waals surface area contributed by atoms with Gasteiger partial charge in [-0.25, -0.2) is 0 Å². The van der Waals surface area contributed by atoms with Crippen LogP contribution in [0, 0.1) is 0 Å². The van der Waals surface area contributed by atoms with E-state index in [-0.39, 0.29) is 6.29 Å². The van der Waals surface area contributed by atoms with E-state index in [1.807, 2.05) is 57.2 Å². The van der Waals surface area contributed by atoms with Crippen LogP contribution in [0.4, 0.5) is 0 Å². The van der Waals surface area contributed by atoms with Gasteiger partial charge in [0.15, 0.2) is 6.29 Å². The first-order valence-corrected chi connectivity index (χ1v) is 4.93. The van der Waals surface area contributed by atoms with E-state index in [4.69, 9.17) is 9.47 Å². The summed E-state index contributed by atoms with van der Waals surface area (Å²) in [6.45, 7) is 7.05. The van der Waals surface area contributed by atoms with Gasteiger partial charge >= 0.3 is 0 Å². The molecule has 0 aliphatic rings. The third kappa shape index (κ3) is 7.77. The third-order valence-corrected chi connectivity index (χ3v) is 1.53. The summed E-state index contributed by atoms with van der Waals surface area (Å²) in [7, 11) is 0. The number of allylic oxidation sites excluding steroid dienone is 3. The molecule has 0 aromatic heterocycles. The van der Waals surface area contributed by atoms with Crippen LogP contribution in [0.2, 0.25) is 0 Å². The van der Waals surface area contributed by atoms with E-state index >= 15 is 0 Å². The lowest BCUT2D eigenvalue weighted by molar-refractivity contribution is -0.0936. The first kappa shape index (κ1) is 13.1. The van der Waals surface area contributed by atoms with Crippen LogP contribution in [0.1, 0.15) is 20.8 Å². The zero-order valence-electron chi connectivity index (χ0n) is 9.27. The summed E-state index contributed by atoms with van der Waals surface area (Å²) in [5.41, 5.74) is 0. The summed E-state index contributed by atoms with van der Waals surface area (Å²) in [4.78, 5) is 0. The van der Waals surface area contributed by atoms with Gasteiger partial charge < -0.3 is 9.47 Å². The molecular weight excluding hydrogens is 176 g/mol. The van der Waals surface area contributed by atoms with Crippen LogP contribution in [0.25, 0.3) is 0 Å². The maximum Gasteiger partial charge on any atom is 0.177 e. The summed E-state index contributed by atoms with van der Waals surface area (Å²) >= 11 is 0. The lowest BCUT2D eigenvalue weighted by atomic mass is 10.5. The Balaban J connectivity index is 3.76. The van der Waals surface area contributed by atoms with E-state index in [1.165, 1.54) is 0 Å². The number of hydrogen-bond donors (Lipinski definition) is 0. The number of rotatable bonds is 7. The van der Waals surface area contributed by atoms with Gasteiger partial charge in [-0.1, -0.05) is 30.4 Å². The van der Waals surface area contributed by atoms with Gasteiger partial charge in [0.05, 0.1) is 13.2 Å². The van der Waals surface area contributed by atoms with Crippen molar-refractivity contribution in [2.45, 2.75) is 27.1 Å². The average Bonchev–Trinajstić information content (AvgIpc) is 2.18. The van der Waals surface area contributed by atoms with Crippen molar-refractivity contribution in [2.24, 2.45) is 0 Å². The fraction of sp³-hybridized carbons (Fsp3) is 0.500. The topological polar surface area (TPSA) is 18.5 Å². The van der Waals surface area contributed by atoms with Crippen LogP contribution < -0.4 is 0 Å². The molecule has 0 unspecified atom stereocenters. The first-order valence-electron chi connectivity index (χ1n) is 4.93. The van der Waals surface area contributed by atoms with E-state index in [9.17, 15) is 0 Å². The Morgan fingerprint density at radius 2 is 1.36 bits per heavy atom. The van der Waals surface area contributed by atoms with Crippen molar-refractivity contribution in [3.63, 3.8) is 0 Å². The van der Waals surface area contributed by atoms with Crippen molar-refractivity contribution in [3.05, 3.63) is 36.5 Å². The van der Waals surface area contributed by atoms with E-state index < -0.39 is 0 Å². The van der Waals surface area contributed by atoms with Crippen LogP contribution in [0.5, 0.6) is 0 Å². The maximum atomic E-state index is 5.44. The normalized spacial score (nSPS) is 14.8. The molecule has 0 heterocycles. The third-order valence-electron chi connectivity index (χ3n) is 1.53. The molecule has 0 aromatic rings. The quantitative estimate of drug-likeness (QED) is 0.460. The minimum atomic E-state index is -0.243. The molecule has 0 amide bonds. The second kappa shape index (κ2) is 10.2. The van der Waals surface area contributed by atoms with Crippen LogP contribution >= 0.6 is 0 Å². The highest BCUT2D eigenvalue weighted by Crippen LogP contribution is 1.98. The van der Waals surface area contributed by atoms with Gasteiger partial charge in [0.2, 0.25) is 0 Å². The molecule has 0 radical (unpaired) electrons. The van der Waals surface area contributed by atoms with Gasteiger partial charge in [0, 0.05) is 0 Å². The summed E-state index contributed by atoms with van der Waals surface area (Å²) in [5, 5.41) is 0. The first-order chi connectivity index (χ1) is 6.85. The lowest BCUT2D eigenvalue weighted by Crippen LogP contribution is -2.14. The fourth-order valence-electron chi connectivity index (χ4n) is 0.810. The summed E-state index contributed by atoms with van der Waals surface area (Å²) in [5.74, 6) is 0. The summed E-state index contributed by atoms with van der Waals surface area (Å²) in [6.07, 6.45) is 11.4. The molecule has 0 fully saturated rings. The van der Waals surface area contributed by atoms with E-state index in [0.29, 0.717) is 13.2 Å². The molecule has 0 saturated carbocycles. The monoisotopic (exact) mass is 196 g/mol. The van der Waals surface area contributed by atoms with Crippen molar-refractivity contribution in [2.75, 3.05) is 13.2 Å². The van der Waals surface area contributed by atoms with Gasteiger partial charge in [0.1, 0.15) is 0 Å². The molecule has 80 valence electrons. The molecule has 0 saturated heterocycles. The summed E-state index contributed by atoms with van der Waals surface area (Å²) in [6, 6.07) is 0. The summed E-state index contributed by atoms with van der Waals surface area (Å²) < 4.78 is 10.9. The minimum absolute atomic E-state index is 0.243. The smallest absolute Gasteiger partial charge is 0.177 e. The Morgan fingerprint density at radius 1 is 0.857 bits per heavy atom. The predicted octanol–water partition coefficient (Wildman–Crippen LogP) is 3.07. The zero-order chi connectivity index (χ0) is 10.6. The molecule has 0 bridgehead atoms. The van der Waals surface area contributed by atoms with Gasteiger partial charge in [-0.2, -0.15) is 0 Å². The number of hydrogen-bond acceptors (Lipinski definition) is 2. The van der Waals surface area contributed by atoms with Crippen molar-refractivity contribution in [1.82, 2.24) is 0 Å². The minimum Gasteiger partial charge on any atom is -0.345 e. The van der Waals surface area contributed by atoms with Crippen molar-refractivity contribution >= 4 is 0 Å². The lowest BCUT2D eigenvalue weighted by Gasteiger charge is -2.12. The highest BCUT2D eigenvalue weighted by molar-refractivity contribution is 4.85. The van der Waals surface area contributed by atoms with Crippen LogP contribution in [0.3, 0.4) is 0 Å². The van der Waals surface area contributed by atoms with Crippen molar-refractivity contribution in [1.29, 1.82) is 0 Å². The highest BCUT2D eigenvalue weighted by Gasteiger charge is 2.01. The van der Waals surface area contributed by atoms with Gasteiger partial charge in [-0.05, 0) is 26.8 Å². The second-order valence-corrected chi connectivity index (χ2v) is 2.70. The van der Waals surface area contributed by atoms with Crippen molar-refractivity contribution < 1.29 is 9.47 Å². The molecule has 0 N–H and O–H groups in total. The molecule has 0 aromatic carbocycles. The van der Waals surface area contributed by atoms with E-state index in [1.54, 1.807) is 0 Å². The van der Waals surface area contributed by atoms with Crippen LogP contribution in [-0.4, -0.2) is 19.5 Å². The zero-order valence-corrected chi connectivity index (χ0v) is 9.27. The van der Waals surface area contributed by atoms with Gasteiger partial charge in [-0.15, -0.1) is 0 Å². The number of ether oxygens (including phenoxy) is 2. The standard InChI is InChI=1S/C12H20O2/c1-4-7-10-13-12(9-6-3)14-11-8-5-2/h4-9,12H,10-11H2,1-3H3/b7-4?,8-5?,9-6+. The van der Waals surface area contributed by atoms with E-state index in [2.05, 4.69) is 0 Å². The molecule has 2 heteroatoms. The molecule has 0 rings (SSSR count). The Labute approximate surface area is 86.9 Å². The molecule has 2 nitrogen and oxygen atoms in total. The largest absolute Gasteiger partial charge is 0.345 e. The maximum absolute atomic E-state index is 5.44. The van der Waals surface area contributed by atoms with Gasteiger partial charge in [-0.3, -0.25) is 0 Å². The molecule has 14 heavy (non-hydrogen) atoms. The van der Waals surface area contributed by atoms with E-state index in [0.717, 1.165) is 0 Å². The van der Waals surface area contributed by atoms with Crippen LogP contribution in [-0.2, 0) is 9.47 Å². The average molecular weight is 196 g/mol. The molecule has 0 aliphatic carbocycles. The second-order valence-electron chi connectivity index (χ2n) is 2.70. The Morgan fingerprint density at radius 3 is 1.71 bits per heavy atom. The predicted molar refractivity (Wildman–Crippen MR) is 60.1 cm³/mol. The molecular formula is C12H20O2. The Hall–Kier alpha value is -0.860.